The highest BCUT2D eigenvalue weighted by Crippen LogP contribution is 2.25. The lowest BCUT2D eigenvalue weighted by Gasteiger charge is -2.23. The fourth-order valence-corrected chi connectivity index (χ4v) is 3.09. The normalized spacial score (nSPS) is 11.8. The van der Waals surface area contributed by atoms with E-state index >= 15 is 0 Å². The summed E-state index contributed by atoms with van der Waals surface area (Å²) >= 11 is 0. The van der Waals surface area contributed by atoms with Crippen molar-refractivity contribution in [3.63, 3.8) is 0 Å². The largest absolute Gasteiger partial charge is 0.488 e. The lowest BCUT2D eigenvalue weighted by Crippen LogP contribution is -2.45. The van der Waals surface area contributed by atoms with Crippen LogP contribution in [0.3, 0.4) is 0 Å². The smallest absolute Gasteiger partial charge is 0.408 e. The van der Waals surface area contributed by atoms with Gasteiger partial charge >= 0.3 is 12.1 Å². The van der Waals surface area contributed by atoms with E-state index < -0.39 is 28.6 Å². The zero-order valence-corrected chi connectivity index (χ0v) is 19.7. The van der Waals surface area contributed by atoms with E-state index in [0.29, 0.717) is 11.1 Å². The number of ketones is 1. The maximum absolute atomic E-state index is 12.2. The van der Waals surface area contributed by atoms with E-state index in [1.807, 2.05) is 0 Å². The minimum Gasteiger partial charge on any atom is -0.488 e. The number of carbonyl (C=O) groups excluding carboxylic acids is 3. The maximum atomic E-state index is 12.2. The third kappa shape index (κ3) is 7.58. The molecule has 2 rings (SSSR count). The number of amides is 1. The van der Waals surface area contributed by atoms with Gasteiger partial charge in [-0.25, -0.2) is 9.59 Å². The van der Waals surface area contributed by atoms with Crippen molar-refractivity contribution in [1.29, 1.82) is 0 Å². The number of benzene rings is 2. The number of alkyl carbamates (subject to hydrolysis) is 1. The molecule has 0 bridgehead atoms. The Morgan fingerprint density at radius 2 is 1.79 bits per heavy atom. The Kier molecular flexibility index (Phi) is 8.71. The number of para-hydroxylation sites is 1. The SMILES string of the molecule is COC(=O)[C@H](Cc1ccc(OCc2ccccc2[N+](=O)[O-])c(C(C)=O)c1)NC(=O)OC(C)(C)C. The topological polar surface area (TPSA) is 134 Å². The first-order valence-electron chi connectivity index (χ1n) is 10.5. The quantitative estimate of drug-likeness (QED) is 0.251. The number of nitro groups is 1. The minimum atomic E-state index is -1.04. The Bertz CT molecular complexity index is 1070. The molecule has 1 atom stereocenters. The number of methoxy groups -OCH3 is 1. The molecule has 34 heavy (non-hydrogen) atoms. The van der Waals surface area contributed by atoms with Gasteiger partial charge in [-0.2, -0.15) is 0 Å². The van der Waals surface area contributed by atoms with Crippen LogP contribution in [0, 0.1) is 10.1 Å². The number of hydrogen-bond acceptors (Lipinski definition) is 8. The molecule has 10 heteroatoms. The number of hydrogen-bond donors (Lipinski definition) is 1. The Hall–Kier alpha value is -3.95. The number of nitrogens with one attached hydrogen (secondary N) is 1. The van der Waals surface area contributed by atoms with Crippen LogP contribution in [0.25, 0.3) is 0 Å². The first-order chi connectivity index (χ1) is 15.9. The van der Waals surface area contributed by atoms with E-state index in [2.05, 4.69) is 5.32 Å². The number of Topliss-reactive ketones (excluding diaryl/α,β-unsaturated/α-hetero) is 1. The summed E-state index contributed by atoms with van der Waals surface area (Å²) in [6, 6.07) is 9.84. The van der Waals surface area contributed by atoms with Crippen LogP contribution in [-0.4, -0.2) is 41.5 Å². The third-order valence-corrected chi connectivity index (χ3v) is 4.61. The molecule has 0 fully saturated rings. The molecule has 10 nitrogen and oxygen atoms in total. The highest BCUT2D eigenvalue weighted by molar-refractivity contribution is 5.97. The van der Waals surface area contributed by atoms with Crippen molar-refractivity contribution in [3.8, 4) is 5.75 Å². The van der Waals surface area contributed by atoms with Crippen LogP contribution in [0.1, 0.15) is 49.2 Å². The summed E-state index contributed by atoms with van der Waals surface area (Å²) in [6.07, 6.45) is -0.740. The summed E-state index contributed by atoms with van der Waals surface area (Å²) in [5.41, 5.74) is 0.321. The van der Waals surface area contributed by atoms with Crippen LogP contribution in [0.4, 0.5) is 10.5 Å². The van der Waals surface area contributed by atoms with E-state index in [9.17, 15) is 24.5 Å². The van der Waals surface area contributed by atoms with Gasteiger partial charge in [-0.15, -0.1) is 0 Å². The van der Waals surface area contributed by atoms with Crippen molar-refractivity contribution in [1.82, 2.24) is 5.32 Å². The second kappa shape index (κ2) is 11.3. The van der Waals surface area contributed by atoms with Gasteiger partial charge in [0.1, 0.15) is 24.0 Å². The van der Waals surface area contributed by atoms with Crippen LogP contribution in [0.15, 0.2) is 42.5 Å². The van der Waals surface area contributed by atoms with Crippen molar-refractivity contribution < 1.29 is 33.5 Å². The number of carbonyl (C=O) groups is 3. The second-order valence-electron chi connectivity index (χ2n) is 8.49. The molecule has 0 aliphatic heterocycles. The molecule has 1 amide bonds. The van der Waals surface area contributed by atoms with Gasteiger partial charge in [-0.1, -0.05) is 18.2 Å². The van der Waals surface area contributed by atoms with Crippen molar-refractivity contribution in [2.24, 2.45) is 0 Å². The average molecular weight is 472 g/mol. The predicted octanol–water partition coefficient (Wildman–Crippen LogP) is 3.99. The highest BCUT2D eigenvalue weighted by atomic mass is 16.6. The molecule has 2 aromatic rings. The Labute approximate surface area is 197 Å². The van der Waals surface area contributed by atoms with Crippen molar-refractivity contribution in [2.45, 2.75) is 52.4 Å². The van der Waals surface area contributed by atoms with Crippen molar-refractivity contribution >= 4 is 23.5 Å². The lowest BCUT2D eigenvalue weighted by atomic mass is 10.0. The molecule has 0 saturated heterocycles. The number of esters is 1. The molecule has 182 valence electrons. The zero-order valence-electron chi connectivity index (χ0n) is 19.7. The summed E-state index contributed by atoms with van der Waals surface area (Å²) in [7, 11) is 1.20. The van der Waals surface area contributed by atoms with E-state index in [0.717, 1.165) is 0 Å². The van der Waals surface area contributed by atoms with E-state index in [1.165, 1.54) is 20.1 Å². The van der Waals surface area contributed by atoms with Crippen LogP contribution in [0.5, 0.6) is 5.75 Å². The summed E-state index contributed by atoms with van der Waals surface area (Å²) in [4.78, 5) is 47.3. The minimum absolute atomic E-state index is 0.0383. The molecular formula is C24H28N2O8. The van der Waals surface area contributed by atoms with Crippen LogP contribution < -0.4 is 10.1 Å². The average Bonchev–Trinajstić information content (AvgIpc) is 2.75. The summed E-state index contributed by atoms with van der Waals surface area (Å²) in [6.45, 7) is 6.33. The fourth-order valence-electron chi connectivity index (χ4n) is 3.09. The Morgan fingerprint density at radius 3 is 2.38 bits per heavy atom. The molecule has 0 aliphatic rings. The molecule has 0 aliphatic carbocycles. The van der Waals surface area contributed by atoms with Gasteiger partial charge in [0.05, 0.1) is 23.2 Å². The lowest BCUT2D eigenvalue weighted by molar-refractivity contribution is -0.385. The Balaban J connectivity index is 2.23. The zero-order chi connectivity index (χ0) is 25.5. The molecular weight excluding hydrogens is 444 g/mol. The van der Waals surface area contributed by atoms with Gasteiger partial charge in [0.25, 0.3) is 5.69 Å². The number of nitrogens with zero attached hydrogens (tertiary/aromatic N) is 1. The fraction of sp³-hybridized carbons (Fsp3) is 0.375. The number of nitro benzene ring substituents is 1. The van der Waals surface area contributed by atoms with Crippen molar-refractivity contribution in [3.05, 3.63) is 69.3 Å². The molecule has 0 saturated carbocycles. The van der Waals surface area contributed by atoms with Gasteiger partial charge in [-0.3, -0.25) is 14.9 Å². The van der Waals surface area contributed by atoms with Gasteiger partial charge in [0.2, 0.25) is 0 Å². The molecule has 0 spiro atoms. The maximum Gasteiger partial charge on any atom is 0.408 e. The standard InChI is InChI=1S/C24H28N2O8/c1-15(27)18-12-16(13-19(22(28)32-5)25-23(29)34-24(2,3)4)10-11-21(18)33-14-17-8-6-7-9-20(17)26(30)31/h6-12,19H,13-14H2,1-5H3,(H,25,29)/t19-/m0/s1. The molecule has 0 aromatic heterocycles. The molecule has 2 aromatic carbocycles. The van der Waals surface area contributed by atoms with Crippen LogP contribution in [-0.2, 0) is 27.3 Å². The van der Waals surface area contributed by atoms with Crippen LogP contribution in [0.2, 0.25) is 0 Å². The highest BCUT2D eigenvalue weighted by Gasteiger charge is 2.26. The van der Waals surface area contributed by atoms with E-state index in [-0.39, 0.29) is 35.8 Å². The van der Waals surface area contributed by atoms with Gasteiger partial charge in [0, 0.05) is 12.5 Å². The van der Waals surface area contributed by atoms with Gasteiger partial charge in [-0.05, 0) is 51.5 Å². The van der Waals surface area contributed by atoms with E-state index in [4.69, 9.17) is 14.2 Å². The number of ether oxygens (including phenoxy) is 3. The van der Waals surface area contributed by atoms with E-state index in [1.54, 1.807) is 57.2 Å². The third-order valence-electron chi connectivity index (χ3n) is 4.61. The molecule has 0 unspecified atom stereocenters. The van der Waals surface area contributed by atoms with Gasteiger partial charge < -0.3 is 19.5 Å². The second-order valence-corrected chi connectivity index (χ2v) is 8.49. The summed E-state index contributed by atoms with van der Waals surface area (Å²) < 4.78 is 15.7. The molecule has 0 heterocycles. The molecule has 0 radical (unpaired) electrons. The van der Waals surface area contributed by atoms with Gasteiger partial charge in [0.15, 0.2) is 5.78 Å². The summed E-state index contributed by atoms with van der Waals surface area (Å²) in [5.74, 6) is -0.731. The number of rotatable bonds is 9. The summed E-state index contributed by atoms with van der Waals surface area (Å²) in [5, 5.41) is 13.7. The monoisotopic (exact) mass is 472 g/mol. The first kappa shape index (κ1) is 26.3. The predicted molar refractivity (Wildman–Crippen MR) is 123 cm³/mol. The Morgan fingerprint density at radius 1 is 1.12 bits per heavy atom. The van der Waals surface area contributed by atoms with Crippen LogP contribution >= 0.6 is 0 Å². The first-order valence-corrected chi connectivity index (χ1v) is 10.5. The molecule has 1 N–H and O–H groups in total. The van der Waals surface area contributed by atoms with Crippen molar-refractivity contribution in [2.75, 3.05) is 7.11 Å².